The molecule has 0 radical (unpaired) electrons. The van der Waals surface area contributed by atoms with E-state index in [-0.39, 0.29) is 11.1 Å². The predicted molar refractivity (Wildman–Crippen MR) is 63.9 cm³/mol. The van der Waals surface area contributed by atoms with Crippen molar-refractivity contribution in [3.63, 3.8) is 0 Å². The Morgan fingerprint density at radius 1 is 1.79 bits per heavy atom. The van der Waals surface area contributed by atoms with Crippen LogP contribution in [-0.2, 0) is 4.74 Å². The number of nitrogens with zero attached hydrogens (tertiary/aromatic N) is 1. The SMILES string of the molecule is NC(=S)N(C(=O)OCS)c1cccs1. The molecule has 1 aromatic rings. The van der Waals surface area contributed by atoms with Crippen LogP contribution in [0.25, 0.3) is 0 Å². The average Bonchev–Trinajstić information content (AvgIpc) is 2.57. The average molecular weight is 248 g/mol. The lowest BCUT2D eigenvalue weighted by atomic mass is 10.6. The molecule has 1 rings (SSSR count). The van der Waals surface area contributed by atoms with Crippen LogP contribution in [0, 0.1) is 0 Å². The van der Waals surface area contributed by atoms with Gasteiger partial charge in [-0.3, -0.25) is 0 Å². The van der Waals surface area contributed by atoms with Crippen LogP contribution in [0.3, 0.4) is 0 Å². The number of hydrogen-bond acceptors (Lipinski definition) is 5. The smallest absolute Gasteiger partial charge is 0.422 e. The van der Waals surface area contributed by atoms with E-state index in [1.165, 1.54) is 11.3 Å². The summed E-state index contributed by atoms with van der Waals surface area (Å²) in [6, 6.07) is 3.52. The quantitative estimate of drug-likeness (QED) is 0.476. The van der Waals surface area contributed by atoms with Gasteiger partial charge in [-0.2, -0.15) is 0 Å². The van der Waals surface area contributed by atoms with Crippen molar-refractivity contribution in [1.29, 1.82) is 0 Å². The van der Waals surface area contributed by atoms with Gasteiger partial charge in [-0.05, 0) is 29.7 Å². The Morgan fingerprint density at radius 2 is 2.50 bits per heavy atom. The van der Waals surface area contributed by atoms with Gasteiger partial charge in [0.05, 0.1) is 0 Å². The van der Waals surface area contributed by atoms with Crippen LogP contribution < -0.4 is 10.6 Å². The van der Waals surface area contributed by atoms with E-state index >= 15 is 0 Å². The van der Waals surface area contributed by atoms with Crippen LogP contribution in [0.2, 0.25) is 0 Å². The van der Waals surface area contributed by atoms with Crippen LogP contribution in [0.1, 0.15) is 0 Å². The fraction of sp³-hybridized carbons (Fsp3) is 0.143. The summed E-state index contributed by atoms with van der Waals surface area (Å²) in [4.78, 5) is 12.5. The highest BCUT2D eigenvalue weighted by molar-refractivity contribution is 7.80. The molecular formula is C7H8N2O2S3. The van der Waals surface area contributed by atoms with Gasteiger partial charge in [0.2, 0.25) is 0 Å². The molecule has 76 valence electrons. The van der Waals surface area contributed by atoms with Crippen LogP contribution >= 0.6 is 36.2 Å². The van der Waals surface area contributed by atoms with E-state index in [9.17, 15) is 4.79 Å². The molecule has 1 aromatic heterocycles. The van der Waals surface area contributed by atoms with Crippen molar-refractivity contribution in [2.75, 3.05) is 10.8 Å². The van der Waals surface area contributed by atoms with Gasteiger partial charge in [-0.15, -0.1) is 24.0 Å². The van der Waals surface area contributed by atoms with Gasteiger partial charge in [0.1, 0.15) is 10.9 Å². The van der Waals surface area contributed by atoms with Crippen molar-refractivity contribution in [2.24, 2.45) is 5.73 Å². The number of hydrogen-bond donors (Lipinski definition) is 2. The first-order valence-electron chi connectivity index (χ1n) is 3.57. The maximum atomic E-state index is 11.4. The maximum Gasteiger partial charge on any atom is 0.422 e. The molecule has 14 heavy (non-hydrogen) atoms. The molecule has 4 nitrogen and oxygen atoms in total. The number of amides is 1. The molecule has 0 aliphatic carbocycles. The standard InChI is InChI=1S/C7H8N2O2S3/c8-6(13)9(7(10)11-4-12)5-2-1-3-14-5/h1-3,12H,4H2,(H2,8,13). The number of anilines is 1. The van der Waals surface area contributed by atoms with Crippen LogP contribution in [0.4, 0.5) is 9.80 Å². The fourth-order valence-electron chi connectivity index (χ4n) is 0.805. The first-order chi connectivity index (χ1) is 6.66. The summed E-state index contributed by atoms with van der Waals surface area (Å²) in [5, 5.41) is 2.40. The molecule has 2 N–H and O–H groups in total. The second kappa shape index (κ2) is 5.18. The molecule has 0 aliphatic rings. The third-order valence-electron chi connectivity index (χ3n) is 1.32. The van der Waals surface area contributed by atoms with Gasteiger partial charge in [0, 0.05) is 0 Å². The van der Waals surface area contributed by atoms with E-state index in [4.69, 9.17) is 18.0 Å². The van der Waals surface area contributed by atoms with E-state index < -0.39 is 6.09 Å². The molecule has 7 heteroatoms. The predicted octanol–water partition coefficient (Wildman–Crippen LogP) is 1.82. The molecule has 0 bridgehead atoms. The van der Waals surface area contributed by atoms with Crippen molar-refractivity contribution in [1.82, 2.24) is 0 Å². The molecular weight excluding hydrogens is 240 g/mol. The summed E-state index contributed by atoms with van der Waals surface area (Å²) in [7, 11) is 0. The molecule has 1 heterocycles. The number of nitrogens with two attached hydrogens (primary N) is 1. The number of thiophene rings is 1. The third-order valence-corrected chi connectivity index (χ3v) is 2.48. The molecule has 0 spiro atoms. The number of carbonyl (C=O) groups excluding carboxylic acids is 1. The van der Waals surface area contributed by atoms with E-state index in [1.54, 1.807) is 12.1 Å². The van der Waals surface area contributed by atoms with Crippen molar-refractivity contribution >= 4 is 52.4 Å². The molecule has 0 aromatic carbocycles. The highest BCUT2D eigenvalue weighted by atomic mass is 32.1. The largest absolute Gasteiger partial charge is 0.438 e. The second-order valence-electron chi connectivity index (χ2n) is 2.16. The van der Waals surface area contributed by atoms with Gasteiger partial charge in [-0.25, -0.2) is 9.69 Å². The topological polar surface area (TPSA) is 55.6 Å². The van der Waals surface area contributed by atoms with E-state index in [2.05, 4.69) is 17.4 Å². The lowest BCUT2D eigenvalue weighted by molar-refractivity contribution is 0.178. The minimum Gasteiger partial charge on any atom is -0.438 e. The van der Waals surface area contributed by atoms with Crippen molar-refractivity contribution in [3.8, 4) is 0 Å². The number of thiol groups is 1. The van der Waals surface area contributed by atoms with Gasteiger partial charge in [-0.1, -0.05) is 0 Å². The van der Waals surface area contributed by atoms with Gasteiger partial charge in [0.25, 0.3) is 0 Å². The van der Waals surface area contributed by atoms with E-state index in [0.717, 1.165) is 4.90 Å². The molecule has 0 atom stereocenters. The van der Waals surface area contributed by atoms with Crippen LogP contribution in [-0.4, -0.2) is 17.1 Å². The second-order valence-corrected chi connectivity index (χ2v) is 3.77. The zero-order valence-corrected chi connectivity index (χ0v) is 9.57. The summed E-state index contributed by atoms with van der Waals surface area (Å²) in [5.41, 5.74) is 5.40. The Morgan fingerprint density at radius 3 is 2.93 bits per heavy atom. The Bertz CT molecular complexity index is 326. The zero-order valence-electron chi connectivity index (χ0n) is 7.04. The van der Waals surface area contributed by atoms with Crippen molar-refractivity contribution < 1.29 is 9.53 Å². The number of carbonyl (C=O) groups is 1. The monoisotopic (exact) mass is 248 g/mol. The zero-order chi connectivity index (χ0) is 10.6. The third kappa shape index (κ3) is 2.60. The summed E-state index contributed by atoms with van der Waals surface area (Å²) < 4.78 is 4.68. The number of thiocarbonyl (C=S) groups is 1. The van der Waals surface area contributed by atoms with Gasteiger partial charge in [0.15, 0.2) is 5.11 Å². The Kier molecular flexibility index (Phi) is 4.18. The maximum absolute atomic E-state index is 11.4. The minimum atomic E-state index is -0.616. The lowest BCUT2D eigenvalue weighted by Gasteiger charge is -2.17. The highest BCUT2D eigenvalue weighted by Gasteiger charge is 2.20. The molecule has 1 amide bonds. The van der Waals surface area contributed by atoms with Gasteiger partial charge >= 0.3 is 6.09 Å². The first kappa shape index (κ1) is 11.3. The summed E-state index contributed by atoms with van der Waals surface area (Å²) >= 11 is 9.86. The van der Waals surface area contributed by atoms with Gasteiger partial charge < -0.3 is 10.5 Å². The molecule has 0 unspecified atom stereocenters. The fourth-order valence-corrected chi connectivity index (χ4v) is 1.88. The Labute approximate surface area is 96.1 Å². The van der Waals surface area contributed by atoms with Crippen LogP contribution in [0.15, 0.2) is 17.5 Å². The first-order valence-corrected chi connectivity index (χ1v) is 5.49. The highest BCUT2D eigenvalue weighted by Crippen LogP contribution is 2.21. The minimum absolute atomic E-state index is 0.0106. The van der Waals surface area contributed by atoms with E-state index in [0.29, 0.717) is 5.00 Å². The van der Waals surface area contributed by atoms with Crippen molar-refractivity contribution in [3.05, 3.63) is 17.5 Å². The summed E-state index contributed by atoms with van der Waals surface area (Å²) in [6.45, 7) is 0. The molecule has 0 saturated heterocycles. The number of rotatable bonds is 2. The summed E-state index contributed by atoms with van der Waals surface area (Å²) in [5.74, 6) is -0.0106. The van der Waals surface area contributed by atoms with Crippen LogP contribution in [0.5, 0.6) is 0 Å². The van der Waals surface area contributed by atoms with E-state index in [1.807, 2.05) is 5.38 Å². The number of ether oxygens (including phenoxy) is 1. The Hall–Kier alpha value is -0.790. The molecule has 0 saturated carbocycles. The summed E-state index contributed by atoms with van der Waals surface area (Å²) in [6.07, 6.45) is -0.616. The normalized spacial score (nSPS) is 9.50. The Balaban J connectivity index is 2.85. The molecule has 0 fully saturated rings. The van der Waals surface area contributed by atoms with Crippen molar-refractivity contribution in [2.45, 2.75) is 0 Å². The molecule has 0 aliphatic heterocycles. The lowest BCUT2D eigenvalue weighted by Crippen LogP contribution is -2.40.